The van der Waals surface area contributed by atoms with E-state index < -0.39 is 33.5 Å². The first-order valence-electron chi connectivity index (χ1n) is 10.0. The van der Waals surface area contributed by atoms with Gasteiger partial charge < -0.3 is 9.84 Å². The fourth-order valence-electron chi connectivity index (χ4n) is 3.70. The Labute approximate surface area is 204 Å². The average molecular weight is 519 g/mol. The number of amides is 1. The van der Waals surface area contributed by atoms with Crippen LogP contribution >= 0.6 is 22.9 Å². The van der Waals surface area contributed by atoms with E-state index in [0.717, 1.165) is 0 Å². The molecule has 3 N–H and O–H groups in total. The Morgan fingerprint density at radius 3 is 2.47 bits per heavy atom. The average Bonchev–Trinajstić information content (AvgIpc) is 3.41. The fraction of sp³-hybridized carbons (Fsp3) is 0.130. The summed E-state index contributed by atoms with van der Waals surface area (Å²) in [5.74, 6) is -1.77. The standard InChI is InChI=1S/C23H19ClN2O6S2/c1-2-32-14-7-10-17(24)16(12-14)21(27)19-20(18-4-3-11-33-18)26(23(29)22(19)28)13-5-8-15(9-6-13)34(25,30)31/h3-12,20,27H,2H2,1H3,(H2,25,30,31)/b21-19-. The molecule has 4 rings (SSSR count). The van der Waals surface area contributed by atoms with Gasteiger partial charge in [-0.3, -0.25) is 14.5 Å². The molecule has 1 aromatic heterocycles. The summed E-state index contributed by atoms with van der Waals surface area (Å²) >= 11 is 7.61. The number of nitrogens with zero attached hydrogens (tertiary/aromatic N) is 1. The number of aliphatic hydroxyl groups is 1. The van der Waals surface area contributed by atoms with Crippen LogP contribution in [0.15, 0.2) is 70.4 Å². The minimum absolute atomic E-state index is 0.139. The number of benzene rings is 2. The number of hydrogen-bond donors (Lipinski definition) is 2. The Balaban J connectivity index is 1.90. The molecule has 1 aliphatic heterocycles. The van der Waals surface area contributed by atoms with Crippen molar-refractivity contribution in [3.05, 3.63) is 81.0 Å². The van der Waals surface area contributed by atoms with Crippen LogP contribution in [-0.4, -0.2) is 31.8 Å². The molecule has 1 aliphatic rings. The molecular formula is C23H19ClN2O6S2. The molecule has 1 fully saturated rings. The Morgan fingerprint density at radius 2 is 1.88 bits per heavy atom. The van der Waals surface area contributed by atoms with Crippen molar-refractivity contribution in [2.24, 2.45) is 5.14 Å². The number of primary sulfonamides is 1. The quantitative estimate of drug-likeness (QED) is 0.287. The number of rotatable bonds is 6. The van der Waals surface area contributed by atoms with Crippen molar-refractivity contribution in [3.63, 3.8) is 0 Å². The lowest BCUT2D eigenvalue weighted by molar-refractivity contribution is -0.132. The maximum absolute atomic E-state index is 13.2. The molecule has 0 saturated carbocycles. The number of aliphatic hydroxyl groups excluding tert-OH is 1. The number of sulfonamides is 1. The van der Waals surface area contributed by atoms with Crippen molar-refractivity contribution in [1.82, 2.24) is 0 Å². The van der Waals surface area contributed by atoms with Crippen LogP contribution in [-0.2, 0) is 19.6 Å². The first-order chi connectivity index (χ1) is 16.1. The highest BCUT2D eigenvalue weighted by Gasteiger charge is 2.47. The molecule has 34 heavy (non-hydrogen) atoms. The van der Waals surface area contributed by atoms with Crippen LogP contribution in [0, 0.1) is 0 Å². The fourth-order valence-corrected chi connectivity index (χ4v) is 5.24. The van der Waals surface area contributed by atoms with Gasteiger partial charge in [-0.2, -0.15) is 0 Å². The van der Waals surface area contributed by atoms with Crippen molar-refractivity contribution in [3.8, 4) is 5.75 Å². The molecule has 11 heteroatoms. The molecule has 1 saturated heterocycles. The lowest BCUT2D eigenvalue weighted by Gasteiger charge is -2.24. The van der Waals surface area contributed by atoms with Gasteiger partial charge in [0.15, 0.2) is 0 Å². The van der Waals surface area contributed by atoms with Crippen molar-refractivity contribution in [2.75, 3.05) is 11.5 Å². The van der Waals surface area contributed by atoms with Crippen LogP contribution in [0.1, 0.15) is 23.4 Å². The second-order valence-corrected chi connectivity index (χ2v) is 10.2. The molecule has 8 nitrogen and oxygen atoms in total. The van der Waals surface area contributed by atoms with Gasteiger partial charge in [-0.15, -0.1) is 11.3 Å². The molecule has 0 aliphatic carbocycles. The van der Waals surface area contributed by atoms with Gasteiger partial charge in [0, 0.05) is 16.1 Å². The normalized spacial score (nSPS) is 17.9. The van der Waals surface area contributed by atoms with Crippen LogP contribution in [0.3, 0.4) is 0 Å². The number of ether oxygens (including phenoxy) is 1. The van der Waals surface area contributed by atoms with Gasteiger partial charge in [-0.25, -0.2) is 13.6 Å². The summed E-state index contributed by atoms with van der Waals surface area (Å²) < 4.78 is 28.7. The number of hydrogen-bond acceptors (Lipinski definition) is 7. The summed E-state index contributed by atoms with van der Waals surface area (Å²) in [4.78, 5) is 28.0. The van der Waals surface area contributed by atoms with Gasteiger partial charge in [-0.1, -0.05) is 17.7 Å². The first-order valence-corrected chi connectivity index (χ1v) is 12.8. The summed E-state index contributed by atoms with van der Waals surface area (Å²) in [5.41, 5.74) is 0.274. The third-order valence-electron chi connectivity index (χ3n) is 5.20. The maximum Gasteiger partial charge on any atom is 0.300 e. The number of carbonyl (C=O) groups excluding carboxylic acids is 2. The van der Waals surface area contributed by atoms with Crippen molar-refractivity contribution >= 4 is 56.1 Å². The lowest BCUT2D eigenvalue weighted by Crippen LogP contribution is -2.29. The number of halogens is 1. The molecule has 1 amide bonds. The second kappa shape index (κ2) is 9.22. The number of Topliss-reactive ketones (excluding diaryl/α,β-unsaturated/α-hetero) is 1. The van der Waals surface area contributed by atoms with E-state index >= 15 is 0 Å². The minimum atomic E-state index is -3.94. The molecule has 0 spiro atoms. The SMILES string of the molecule is CCOc1ccc(Cl)c(/C(O)=C2/C(=O)C(=O)N(c3ccc(S(N)(=O)=O)cc3)C2c2cccs2)c1. The van der Waals surface area contributed by atoms with E-state index in [-0.39, 0.29) is 26.7 Å². The zero-order valence-electron chi connectivity index (χ0n) is 17.8. The molecule has 2 aromatic carbocycles. The van der Waals surface area contributed by atoms with Gasteiger partial charge in [0.2, 0.25) is 10.0 Å². The van der Waals surface area contributed by atoms with Gasteiger partial charge in [0.25, 0.3) is 11.7 Å². The van der Waals surface area contributed by atoms with E-state index in [2.05, 4.69) is 0 Å². The van der Waals surface area contributed by atoms with Crippen LogP contribution in [0.5, 0.6) is 5.75 Å². The van der Waals surface area contributed by atoms with Gasteiger partial charge in [-0.05, 0) is 60.8 Å². The van der Waals surface area contributed by atoms with Gasteiger partial charge >= 0.3 is 0 Å². The van der Waals surface area contributed by atoms with Crippen LogP contribution in [0.4, 0.5) is 5.69 Å². The van der Waals surface area contributed by atoms with E-state index in [1.807, 2.05) is 0 Å². The smallest absolute Gasteiger partial charge is 0.300 e. The topological polar surface area (TPSA) is 127 Å². The Bertz CT molecular complexity index is 1400. The van der Waals surface area contributed by atoms with Crippen molar-refractivity contribution < 1.29 is 27.9 Å². The molecule has 2 heterocycles. The summed E-state index contributed by atoms with van der Waals surface area (Å²) in [6.07, 6.45) is 0. The Morgan fingerprint density at radius 1 is 1.18 bits per heavy atom. The monoisotopic (exact) mass is 518 g/mol. The number of anilines is 1. The van der Waals surface area contributed by atoms with Crippen molar-refractivity contribution in [1.29, 1.82) is 0 Å². The maximum atomic E-state index is 13.2. The molecule has 0 bridgehead atoms. The number of carbonyl (C=O) groups is 2. The third-order valence-corrected chi connectivity index (χ3v) is 7.39. The minimum Gasteiger partial charge on any atom is -0.507 e. The highest BCUT2D eigenvalue weighted by Crippen LogP contribution is 2.44. The lowest BCUT2D eigenvalue weighted by atomic mass is 9.99. The summed E-state index contributed by atoms with van der Waals surface area (Å²) in [5, 5.41) is 18.3. The predicted molar refractivity (Wildman–Crippen MR) is 130 cm³/mol. The van der Waals surface area contributed by atoms with E-state index in [9.17, 15) is 23.1 Å². The van der Waals surface area contributed by atoms with Crippen LogP contribution < -0.4 is 14.8 Å². The number of thiophene rings is 1. The second-order valence-electron chi connectivity index (χ2n) is 7.30. The first kappa shape index (κ1) is 24.0. The van der Waals surface area contributed by atoms with E-state index in [1.165, 1.54) is 52.6 Å². The van der Waals surface area contributed by atoms with E-state index in [0.29, 0.717) is 17.2 Å². The molecule has 176 valence electrons. The zero-order chi connectivity index (χ0) is 24.6. The zero-order valence-corrected chi connectivity index (χ0v) is 20.2. The summed E-state index contributed by atoms with van der Waals surface area (Å²) in [7, 11) is -3.94. The largest absolute Gasteiger partial charge is 0.507 e. The van der Waals surface area contributed by atoms with E-state index in [4.69, 9.17) is 21.5 Å². The highest BCUT2D eigenvalue weighted by atomic mass is 35.5. The summed E-state index contributed by atoms with van der Waals surface area (Å²) in [6.45, 7) is 2.19. The van der Waals surface area contributed by atoms with Gasteiger partial charge in [0.05, 0.1) is 22.1 Å². The Kier molecular flexibility index (Phi) is 6.50. The molecule has 0 radical (unpaired) electrons. The highest BCUT2D eigenvalue weighted by molar-refractivity contribution is 7.89. The third kappa shape index (κ3) is 4.32. The number of ketones is 1. The molecular weight excluding hydrogens is 500 g/mol. The predicted octanol–water partition coefficient (Wildman–Crippen LogP) is 4.07. The summed E-state index contributed by atoms with van der Waals surface area (Å²) in [6, 6.07) is 12.5. The molecule has 3 aromatic rings. The van der Waals surface area contributed by atoms with Crippen LogP contribution in [0.2, 0.25) is 5.02 Å². The van der Waals surface area contributed by atoms with Crippen molar-refractivity contribution in [2.45, 2.75) is 17.9 Å². The van der Waals surface area contributed by atoms with Gasteiger partial charge in [0.1, 0.15) is 17.6 Å². The molecule has 1 atom stereocenters. The molecule has 1 unspecified atom stereocenters. The van der Waals surface area contributed by atoms with Crippen LogP contribution in [0.25, 0.3) is 5.76 Å². The Hall–Kier alpha value is -3.18. The van der Waals surface area contributed by atoms with E-state index in [1.54, 1.807) is 30.5 Å². The number of nitrogens with two attached hydrogens (primary N) is 1.